The number of imide groups is 1. The van der Waals surface area contributed by atoms with E-state index in [1.165, 1.54) is 4.90 Å². The molecular weight excluding hydrogens is 398 g/mol. The third kappa shape index (κ3) is 1.91. The molecule has 3 aliphatic carbocycles. The molecule has 0 spiro atoms. The van der Waals surface area contributed by atoms with Gasteiger partial charge in [0, 0.05) is 5.92 Å². The predicted octanol–water partition coefficient (Wildman–Crippen LogP) is 3.88. The van der Waals surface area contributed by atoms with Crippen LogP contribution in [-0.4, -0.2) is 23.5 Å². The molecule has 7 rings (SSSR count). The van der Waals surface area contributed by atoms with E-state index in [0.29, 0.717) is 10.7 Å². The Morgan fingerprint density at radius 2 is 1.40 bits per heavy atom. The molecule has 4 nitrogen and oxygen atoms in total. The van der Waals surface area contributed by atoms with E-state index in [9.17, 15) is 14.7 Å². The number of rotatable bonds is 2. The van der Waals surface area contributed by atoms with E-state index in [-0.39, 0.29) is 24.3 Å². The van der Waals surface area contributed by atoms with Crippen LogP contribution < -0.4 is 4.90 Å². The standard InChI is InChI=1S/C25H18ClNO3/c26-18-11-5-6-12-19(18)27-23(29)21-20-14-7-1-3-9-16(14)25(13-28,22(21)24(27)30)17-10-4-2-8-15(17)20/h1-12,20-22,28H,13H2/t20?,21-,22-,25?/m1/s1. The topological polar surface area (TPSA) is 57.6 Å². The van der Waals surface area contributed by atoms with E-state index >= 15 is 0 Å². The number of aliphatic hydroxyl groups excluding tert-OH is 1. The Hall–Kier alpha value is -2.95. The maximum atomic E-state index is 13.8. The molecule has 3 aromatic rings. The van der Waals surface area contributed by atoms with Crippen molar-refractivity contribution in [2.75, 3.05) is 11.5 Å². The number of hydrogen-bond acceptors (Lipinski definition) is 3. The number of amides is 2. The summed E-state index contributed by atoms with van der Waals surface area (Å²) >= 11 is 6.37. The zero-order valence-electron chi connectivity index (χ0n) is 16.0. The van der Waals surface area contributed by atoms with Crippen molar-refractivity contribution in [3.63, 3.8) is 0 Å². The zero-order chi connectivity index (χ0) is 20.6. The minimum absolute atomic E-state index is 0.222. The van der Waals surface area contributed by atoms with Gasteiger partial charge in [0.1, 0.15) is 0 Å². The zero-order valence-corrected chi connectivity index (χ0v) is 16.7. The average Bonchev–Trinajstić information content (AvgIpc) is 3.05. The highest BCUT2D eigenvalue weighted by Gasteiger charge is 2.68. The number of anilines is 1. The van der Waals surface area contributed by atoms with Gasteiger partial charge in [-0.25, -0.2) is 4.90 Å². The number of halogens is 1. The molecule has 0 radical (unpaired) electrons. The number of benzene rings is 3. The van der Waals surface area contributed by atoms with Crippen LogP contribution in [0, 0.1) is 11.8 Å². The van der Waals surface area contributed by atoms with Gasteiger partial charge in [0.15, 0.2) is 0 Å². The molecule has 148 valence electrons. The monoisotopic (exact) mass is 415 g/mol. The molecule has 4 aliphatic rings. The summed E-state index contributed by atoms with van der Waals surface area (Å²) in [5, 5.41) is 11.2. The van der Waals surface area contributed by atoms with Crippen LogP contribution in [0.3, 0.4) is 0 Å². The summed E-state index contributed by atoms with van der Waals surface area (Å²) in [7, 11) is 0. The molecule has 2 amide bonds. The second-order valence-electron chi connectivity index (χ2n) is 8.25. The Morgan fingerprint density at radius 3 is 2.00 bits per heavy atom. The highest BCUT2D eigenvalue weighted by atomic mass is 35.5. The molecule has 2 bridgehead atoms. The maximum Gasteiger partial charge on any atom is 0.239 e. The molecular formula is C25H18ClNO3. The molecule has 1 N–H and O–H groups in total. The van der Waals surface area contributed by atoms with Gasteiger partial charge in [-0.05, 0) is 34.4 Å². The first-order valence-corrected chi connectivity index (χ1v) is 10.4. The Labute approximate surface area is 178 Å². The van der Waals surface area contributed by atoms with E-state index in [2.05, 4.69) is 0 Å². The third-order valence-electron chi connectivity index (χ3n) is 7.14. The van der Waals surface area contributed by atoms with Crippen molar-refractivity contribution in [1.82, 2.24) is 0 Å². The van der Waals surface area contributed by atoms with Crippen LogP contribution in [0.4, 0.5) is 5.69 Å². The second-order valence-corrected chi connectivity index (χ2v) is 8.66. The quantitative estimate of drug-likeness (QED) is 0.646. The second kappa shape index (κ2) is 6.03. The molecule has 0 aromatic heterocycles. The van der Waals surface area contributed by atoms with Crippen LogP contribution in [0.1, 0.15) is 28.2 Å². The number of aliphatic hydroxyl groups is 1. The van der Waals surface area contributed by atoms with Crippen molar-refractivity contribution in [1.29, 1.82) is 0 Å². The average molecular weight is 416 g/mol. The smallest absolute Gasteiger partial charge is 0.239 e. The van der Waals surface area contributed by atoms with Gasteiger partial charge in [-0.15, -0.1) is 0 Å². The van der Waals surface area contributed by atoms with E-state index in [0.717, 1.165) is 22.3 Å². The van der Waals surface area contributed by atoms with Gasteiger partial charge in [0.2, 0.25) is 11.8 Å². The summed E-state index contributed by atoms with van der Waals surface area (Å²) in [6.07, 6.45) is 0. The van der Waals surface area contributed by atoms with Gasteiger partial charge in [0.25, 0.3) is 0 Å². The highest BCUT2D eigenvalue weighted by molar-refractivity contribution is 6.36. The summed E-state index contributed by atoms with van der Waals surface area (Å²) in [4.78, 5) is 28.8. The van der Waals surface area contributed by atoms with Crippen molar-refractivity contribution in [3.8, 4) is 0 Å². The fourth-order valence-electron chi connectivity index (χ4n) is 6.07. The van der Waals surface area contributed by atoms with Crippen molar-refractivity contribution >= 4 is 29.1 Å². The minimum Gasteiger partial charge on any atom is -0.395 e. The van der Waals surface area contributed by atoms with Crippen LogP contribution in [0.25, 0.3) is 0 Å². The van der Waals surface area contributed by atoms with Gasteiger partial charge in [-0.1, -0.05) is 72.3 Å². The fourth-order valence-corrected chi connectivity index (χ4v) is 6.29. The van der Waals surface area contributed by atoms with Crippen LogP contribution in [-0.2, 0) is 15.0 Å². The van der Waals surface area contributed by atoms with Gasteiger partial charge >= 0.3 is 0 Å². The molecule has 1 fully saturated rings. The van der Waals surface area contributed by atoms with Gasteiger partial charge in [0.05, 0.1) is 34.6 Å². The minimum atomic E-state index is -0.949. The normalized spacial score (nSPS) is 28.3. The van der Waals surface area contributed by atoms with E-state index in [1.807, 2.05) is 48.5 Å². The maximum absolute atomic E-state index is 13.8. The number of carbonyl (C=O) groups excluding carboxylic acids is 2. The Bertz CT molecular complexity index is 1190. The van der Waals surface area contributed by atoms with E-state index in [1.54, 1.807) is 24.3 Å². The molecule has 30 heavy (non-hydrogen) atoms. The number of hydrogen-bond donors (Lipinski definition) is 1. The van der Waals surface area contributed by atoms with E-state index in [4.69, 9.17) is 11.6 Å². The molecule has 0 saturated carbocycles. The lowest BCUT2D eigenvalue weighted by molar-refractivity contribution is -0.124. The lowest BCUT2D eigenvalue weighted by atomic mass is 9.47. The predicted molar refractivity (Wildman–Crippen MR) is 114 cm³/mol. The fraction of sp³-hybridized carbons (Fsp3) is 0.200. The molecule has 3 aromatic carbocycles. The summed E-state index contributed by atoms with van der Waals surface area (Å²) in [5.41, 5.74) is 3.39. The number of nitrogens with zero attached hydrogens (tertiary/aromatic N) is 1. The third-order valence-corrected chi connectivity index (χ3v) is 7.46. The lowest BCUT2D eigenvalue weighted by Crippen LogP contribution is -2.55. The molecule has 2 atom stereocenters. The summed E-state index contributed by atoms with van der Waals surface area (Å²) in [5.74, 6) is -1.99. The first-order chi connectivity index (χ1) is 14.6. The molecule has 1 saturated heterocycles. The largest absolute Gasteiger partial charge is 0.395 e. The van der Waals surface area contributed by atoms with Crippen molar-refractivity contribution in [3.05, 3.63) is 100 Å². The molecule has 5 heteroatoms. The highest BCUT2D eigenvalue weighted by Crippen LogP contribution is 2.64. The van der Waals surface area contributed by atoms with Gasteiger partial charge in [-0.2, -0.15) is 0 Å². The summed E-state index contributed by atoms with van der Waals surface area (Å²) in [6, 6.07) is 22.7. The Kier molecular flexibility index (Phi) is 3.59. The first-order valence-electron chi connectivity index (χ1n) is 10.0. The molecule has 1 heterocycles. The molecule has 1 aliphatic heterocycles. The number of para-hydroxylation sites is 1. The Morgan fingerprint density at radius 1 is 0.833 bits per heavy atom. The van der Waals surface area contributed by atoms with Crippen molar-refractivity contribution in [2.24, 2.45) is 11.8 Å². The Balaban J connectivity index is 1.66. The van der Waals surface area contributed by atoms with Crippen LogP contribution in [0.5, 0.6) is 0 Å². The van der Waals surface area contributed by atoms with Crippen LogP contribution >= 0.6 is 11.6 Å². The van der Waals surface area contributed by atoms with E-state index < -0.39 is 17.3 Å². The summed E-state index contributed by atoms with van der Waals surface area (Å²) < 4.78 is 0. The SMILES string of the molecule is O=C1[C@@H]2C3c4ccccc4C(CO)(c4ccccc43)[C@H]2C(=O)N1c1ccccc1Cl. The first kappa shape index (κ1) is 17.9. The van der Waals surface area contributed by atoms with Gasteiger partial charge < -0.3 is 5.11 Å². The van der Waals surface area contributed by atoms with Crippen LogP contribution in [0.15, 0.2) is 72.8 Å². The summed E-state index contributed by atoms with van der Waals surface area (Å²) in [6.45, 7) is -0.246. The van der Waals surface area contributed by atoms with Gasteiger partial charge in [-0.3, -0.25) is 9.59 Å². The lowest BCUT2D eigenvalue weighted by Gasteiger charge is -2.53. The van der Waals surface area contributed by atoms with Crippen molar-refractivity contribution in [2.45, 2.75) is 11.3 Å². The van der Waals surface area contributed by atoms with Crippen molar-refractivity contribution < 1.29 is 14.7 Å². The number of carbonyl (C=O) groups is 2. The molecule has 0 unspecified atom stereocenters. The van der Waals surface area contributed by atoms with Crippen LogP contribution in [0.2, 0.25) is 5.02 Å².